The van der Waals surface area contributed by atoms with Crippen LogP contribution in [0, 0.1) is 6.92 Å². The predicted molar refractivity (Wildman–Crippen MR) is 58.2 cm³/mol. The van der Waals surface area contributed by atoms with E-state index in [-0.39, 0.29) is 0 Å². The highest BCUT2D eigenvalue weighted by atomic mass is 35.5. The number of halogens is 1. The van der Waals surface area contributed by atoms with Crippen LogP contribution in [0.3, 0.4) is 0 Å². The fourth-order valence-corrected chi connectivity index (χ4v) is 1.64. The van der Waals surface area contributed by atoms with Crippen molar-refractivity contribution in [3.63, 3.8) is 0 Å². The summed E-state index contributed by atoms with van der Waals surface area (Å²) in [6.07, 6.45) is 1.51. The van der Waals surface area contributed by atoms with E-state index < -0.39 is 11.0 Å². The second-order valence-corrected chi connectivity index (χ2v) is 3.70. The van der Waals surface area contributed by atoms with Crippen LogP contribution in [0.15, 0.2) is 24.4 Å². The number of aromatic nitrogens is 1. The van der Waals surface area contributed by atoms with Gasteiger partial charge in [-0.15, -0.1) is 0 Å². The number of H-pyrrole nitrogens is 1. The Hall–Kier alpha value is -1.61. The molecule has 0 fully saturated rings. The molecule has 15 heavy (non-hydrogen) atoms. The minimum Gasteiger partial charge on any atom is -0.360 e. The topological polar surface area (TPSA) is 49.9 Å². The van der Waals surface area contributed by atoms with Gasteiger partial charge >= 0.3 is 0 Å². The summed E-state index contributed by atoms with van der Waals surface area (Å²) in [7, 11) is 0. The largest absolute Gasteiger partial charge is 0.360 e. The first-order valence-electron chi connectivity index (χ1n) is 4.41. The van der Waals surface area contributed by atoms with Gasteiger partial charge in [0.2, 0.25) is 5.78 Å². The van der Waals surface area contributed by atoms with E-state index in [9.17, 15) is 9.59 Å². The molecule has 0 bridgehead atoms. The highest BCUT2D eigenvalue weighted by molar-refractivity contribution is 6.83. The zero-order valence-corrected chi connectivity index (χ0v) is 8.76. The highest BCUT2D eigenvalue weighted by Gasteiger charge is 2.17. The molecule has 0 spiro atoms. The number of aryl methyl sites for hydroxylation is 1. The van der Waals surface area contributed by atoms with Gasteiger partial charge in [0.15, 0.2) is 0 Å². The predicted octanol–water partition coefficient (Wildman–Crippen LogP) is 2.42. The van der Waals surface area contributed by atoms with E-state index in [4.69, 9.17) is 11.6 Å². The zero-order valence-electron chi connectivity index (χ0n) is 8.00. The van der Waals surface area contributed by atoms with E-state index in [1.807, 2.05) is 19.1 Å². The third-order valence-electron chi connectivity index (χ3n) is 2.26. The van der Waals surface area contributed by atoms with Gasteiger partial charge < -0.3 is 4.98 Å². The van der Waals surface area contributed by atoms with E-state index in [0.29, 0.717) is 5.56 Å². The van der Waals surface area contributed by atoms with Crippen molar-refractivity contribution in [1.82, 2.24) is 4.98 Å². The smallest absolute Gasteiger partial charge is 0.293 e. The molecule has 2 rings (SSSR count). The molecule has 0 amide bonds. The van der Waals surface area contributed by atoms with Gasteiger partial charge in [0.25, 0.3) is 5.24 Å². The van der Waals surface area contributed by atoms with E-state index in [1.54, 1.807) is 6.07 Å². The van der Waals surface area contributed by atoms with Gasteiger partial charge in [-0.05, 0) is 30.2 Å². The number of fused-ring (bicyclic) bond motifs is 1. The Kier molecular flexibility index (Phi) is 2.32. The number of ketones is 1. The maximum absolute atomic E-state index is 11.4. The lowest BCUT2D eigenvalue weighted by molar-refractivity contribution is -0.108. The van der Waals surface area contributed by atoms with Crippen molar-refractivity contribution in [2.75, 3.05) is 0 Å². The minimum atomic E-state index is -0.962. The summed E-state index contributed by atoms with van der Waals surface area (Å²) in [6, 6.07) is 5.59. The van der Waals surface area contributed by atoms with Gasteiger partial charge in [-0.1, -0.05) is 12.1 Å². The molecule has 76 valence electrons. The lowest BCUT2D eigenvalue weighted by atomic mass is 10.1. The standard InChI is InChI=1S/C11H8ClNO2/c1-6-2-3-7-8(10(14)11(12)15)5-13-9(7)4-6/h2-5,13H,1H3. The molecule has 4 heteroatoms. The first-order valence-corrected chi connectivity index (χ1v) is 4.79. The number of Topliss-reactive ketones (excluding diaryl/α,β-unsaturated/α-hetero) is 1. The Morgan fingerprint density at radius 1 is 1.33 bits per heavy atom. The second kappa shape index (κ2) is 3.51. The van der Waals surface area contributed by atoms with Gasteiger partial charge in [0.05, 0.1) is 5.56 Å². The molecule has 0 aliphatic heterocycles. The minimum absolute atomic E-state index is 0.324. The molecule has 1 aromatic carbocycles. The average molecular weight is 222 g/mol. The van der Waals surface area contributed by atoms with Crippen molar-refractivity contribution in [3.8, 4) is 0 Å². The van der Waals surface area contributed by atoms with Crippen molar-refractivity contribution in [1.29, 1.82) is 0 Å². The van der Waals surface area contributed by atoms with Crippen LogP contribution in [0.1, 0.15) is 15.9 Å². The first-order chi connectivity index (χ1) is 7.09. The van der Waals surface area contributed by atoms with Crippen LogP contribution < -0.4 is 0 Å². The van der Waals surface area contributed by atoms with Crippen LogP contribution in [0.5, 0.6) is 0 Å². The molecule has 1 heterocycles. The van der Waals surface area contributed by atoms with Crippen molar-refractivity contribution in [2.45, 2.75) is 6.92 Å². The van der Waals surface area contributed by atoms with Crippen molar-refractivity contribution in [2.24, 2.45) is 0 Å². The molecule has 0 radical (unpaired) electrons. The number of hydrogen-bond acceptors (Lipinski definition) is 2. The van der Waals surface area contributed by atoms with E-state index in [1.165, 1.54) is 6.20 Å². The molecular weight excluding hydrogens is 214 g/mol. The number of aromatic amines is 1. The molecule has 0 aliphatic carbocycles. The molecule has 0 atom stereocenters. The molecule has 0 unspecified atom stereocenters. The lowest BCUT2D eigenvalue weighted by Crippen LogP contribution is -2.06. The van der Waals surface area contributed by atoms with Crippen molar-refractivity contribution >= 4 is 33.5 Å². The normalized spacial score (nSPS) is 10.5. The van der Waals surface area contributed by atoms with Crippen molar-refractivity contribution < 1.29 is 9.59 Å². The number of carbonyl (C=O) groups is 2. The van der Waals surface area contributed by atoms with Crippen LogP contribution in [0.25, 0.3) is 10.9 Å². The number of rotatable bonds is 2. The van der Waals surface area contributed by atoms with Crippen LogP contribution in [-0.2, 0) is 4.79 Å². The lowest BCUT2D eigenvalue weighted by Gasteiger charge is -1.95. The van der Waals surface area contributed by atoms with Crippen LogP contribution in [0.4, 0.5) is 0 Å². The fourth-order valence-electron chi connectivity index (χ4n) is 1.53. The quantitative estimate of drug-likeness (QED) is 0.481. The molecule has 0 aliphatic rings. The summed E-state index contributed by atoms with van der Waals surface area (Å²) < 4.78 is 0. The second-order valence-electron chi connectivity index (χ2n) is 3.35. The summed E-state index contributed by atoms with van der Waals surface area (Å²) in [6.45, 7) is 1.95. The number of nitrogens with one attached hydrogen (secondary N) is 1. The van der Waals surface area contributed by atoms with Gasteiger partial charge in [-0.3, -0.25) is 9.59 Å². The van der Waals surface area contributed by atoms with Crippen LogP contribution in [0.2, 0.25) is 0 Å². The van der Waals surface area contributed by atoms with Gasteiger partial charge in [0.1, 0.15) is 0 Å². The van der Waals surface area contributed by atoms with Gasteiger partial charge in [-0.2, -0.15) is 0 Å². The Morgan fingerprint density at radius 2 is 2.07 bits per heavy atom. The van der Waals surface area contributed by atoms with E-state index in [2.05, 4.69) is 4.98 Å². The average Bonchev–Trinajstić information content (AvgIpc) is 2.59. The summed E-state index contributed by atoms with van der Waals surface area (Å²) in [5, 5.41) is -0.240. The SMILES string of the molecule is Cc1ccc2c(C(=O)C(=O)Cl)c[nH]c2c1. The molecule has 0 saturated heterocycles. The monoisotopic (exact) mass is 221 g/mol. The molecule has 1 aromatic heterocycles. The Morgan fingerprint density at radius 3 is 2.73 bits per heavy atom. The molecule has 3 nitrogen and oxygen atoms in total. The fraction of sp³-hybridized carbons (Fsp3) is 0.0909. The Labute approximate surface area is 91.0 Å². The Bertz CT molecular complexity index is 557. The van der Waals surface area contributed by atoms with E-state index >= 15 is 0 Å². The third kappa shape index (κ3) is 1.66. The number of hydrogen-bond donors (Lipinski definition) is 1. The maximum Gasteiger partial charge on any atom is 0.293 e. The van der Waals surface area contributed by atoms with Crippen LogP contribution in [-0.4, -0.2) is 16.0 Å². The maximum atomic E-state index is 11.4. The molecule has 1 N–H and O–H groups in total. The summed E-state index contributed by atoms with van der Waals surface area (Å²) in [5.41, 5.74) is 2.24. The van der Waals surface area contributed by atoms with Crippen molar-refractivity contribution in [3.05, 3.63) is 35.5 Å². The molecule has 2 aromatic rings. The van der Waals surface area contributed by atoms with Crippen LogP contribution >= 0.6 is 11.6 Å². The molecule has 0 saturated carbocycles. The first kappa shape index (κ1) is 9.93. The van der Waals surface area contributed by atoms with E-state index in [0.717, 1.165) is 16.5 Å². The molecular formula is C11H8ClNO2. The number of carbonyl (C=O) groups excluding carboxylic acids is 2. The highest BCUT2D eigenvalue weighted by Crippen LogP contribution is 2.20. The zero-order chi connectivity index (χ0) is 11.0. The third-order valence-corrected chi connectivity index (χ3v) is 2.43. The summed E-state index contributed by atoms with van der Waals surface area (Å²) in [5.74, 6) is -0.674. The summed E-state index contributed by atoms with van der Waals surface area (Å²) >= 11 is 5.15. The number of benzene rings is 1. The Balaban J connectivity index is 2.64. The van der Waals surface area contributed by atoms with Gasteiger partial charge in [-0.25, -0.2) is 0 Å². The van der Waals surface area contributed by atoms with Gasteiger partial charge in [0, 0.05) is 17.1 Å². The summed E-state index contributed by atoms with van der Waals surface area (Å²) in [4.78, 5) is 25.1.